The third kappa shape index (κ3) is 12.5. The summed E-state index contributed by atoms with van der Waals surface area (Å²) in [5.74, 6) is 0.632. The van der Waals surface area contributed by atoms with Crippen molar-refractivity contribution in [1.82, 2.24) is 15.5 Å². The van der Waals surface area contributed by atoms with Crippen LogP contribution in [0, 0.1) is 0 Å². The van der Waals surface area contributed by atoms with Crippen molar-refractivity contribution in [2.45, 2.75) is 59.5 Å². The van der Waals surface area contributed by atoms with Gasteiger partial charge in [-0.15, -0.1) is 24.0 Å². The fraction of sp³-hybridized carbons (Fsp3) is 0.875. The van der Waals surface area contributed by atoms with Crippen LogP contribution in [0.4, 0.5) is 0 Å². The molecule has 0 atom stereocenters. The summed E-state index contributed by atoms with van der Waals surface area (Å²) >= 11 is 0. The van der Waals surface area contributed by atoms with Gasteiger partial charge in [0.15, 0.2) is 5.96 Å². The molecular weight excluding hydrogens is 407 g/mol. The van der Waals surface area contributed by atoms with Crippen LogP contribution in [0.25, 0.3) is 0 Å². The number of hydrogen-bond acceptors (Lipinski definition) is 4. The fourth-order valence-corrected chi connectivity index (χ4v) is 2.31. The van der Waals surface area contributed by atoms with Crippen molar-refractivity contribution in [1.29, 1.82) is 0 Å². The lowest BCUT2D eigenvalue weighted by Gasteiger charge is -2.30. The second-order valence-corrected chi connectivity index (χ2v) is 5.76. The molecule has 138 valence electrons. The van der Waals surface area contributed by atoms with Crippen molar-refractivity contribution in [3.8, 4) is 0 Å². The molecule has 7 heteroatoms. The minimum Gasteiger partial charge on any atom is -0.466 e. The number of hydrogen-bond donors (Lipinski definition) is 2. The monoisotopic (exact) mass is 442 g/mol. The van der Waals surface area contributed by atoms with Crippen LogP contribution in [0.3, 0.4) is 0 Å². The first-order valence-electron chi connectivity index (χ1n) is 8.28. The number of rotatable bonds is 10. The number of nitrogens with one attached hydrogen (secondary N) is 2. The van der Waals surface area contributed by atoms with Crippen LogP contribution in [0.1, 0.15) is 47.5 Å². The van der Waals surface area contributed by atoms with Crippen molar-refractivity contribution in [3.05, 3.63) is 0 Å². The van der Waals surface area contributed by atoms with Gasteiger partial charge in [0.2, 0.25) is 0 Å². The summed E-state index contributed by atoms with van der Waals surface area (Å²) in [6.45, 7) is 13.6. The van der Waals surface area contributed by atoms with Crippen molar-refractivity contribution in [3.63, 3.8) is 0 Å². The fourth-order valence-electron chi connectivity index (χ4n) is 2.31. The summed E-state index contributed by atoms with van der Waals surface area (Å²) in [4.78, 5) is 17.8. The number of aliphatic imine (C=N–C) groups is 1. The van der Waals surface area contributed by atoms with Gasteiger partial charge in [0.05, 0.1) is 6.61 Å². The topological polar surface area (TPSA) is 66.0 Å². The van der Waals surface area contributed by atoms with Crippen LogP contribution in [-0.2, 0) is 9.53 Å². The number of nitrogens with zero attached hydrogens (tertiary/aromatic N) is 2. The molecule has 0 bridgehead atoms. The van der Waals surface area contributed by atoms with Gasteiger partial charge in [-0.3, -0.25) is 14.7 Å². The van der Waals surface area contributed by atoms with Gasteiger partial charge in [-0.25, -0.2) is 0 Å². The SMILES string of the molecule is CCOC(=O)CCCNC(=NC)NCCN(C(C)C)C(C)C.I. The quantitative estimate of drug-likeness (QED) is 0.179. The summed E-state index contributed by atoms with van der Waals surface area (Å²) in [5, 5.41) is 6.52. The molecule has 23 heavy (non-hydrogen) atoms. The van der Waals surface area contributed by atoms with Crippen LogP contribution < -0.4 is 10.6 Å². The molecule has 0 heterocycles. The van der Waals surface area contributed by atoms with Gasteiger partial charge in [0, 0.05) is 45.2 Å². The Labute approximate surface area is 158 Å². The zero-order valence-corrected chi connectivity index (χ0v) is 17.8. The van der Waals surface area contributed by atoms with Gasteiger partial charge in [-0.2, -0.15) is 0 Å². The van der Waals surface area contributed by atoms with Crippen molar-refractivity contribution in [2.24, 2.45) is 4.99 Å². The molecule has 0 spiro atoms. The van der Waals surface area contributed by atoms with Gasteiger partial charge in [0.1, 0.15) is 0 Å². The van der Waals surface area contributed by atoms with E-state index in [0.717, 1.165) is 25.5 Å². The molecule has 0 aromatic rings. The van der Waals surface area contributed by atoms with Crippen LogP contribution in [0.2, 0.25) is 0 Å². The number of carbonyl (C=O) groups excluding carboxylic acids is 1. The van der Waals surface area contributed by atoms with E-state index in [1.54, 1.807) is 7.05 Å². The van der Waals surface area contributed by atoms with Crippen LogP contribution >= 0.6 is 24.0 Å². The minimum absolute atomic E-state index is 0. The molecule has 0 aromatic heterocycles. The molecule has 0 rings (SSSR count). The number of guanidine groups is 1. The molecular formula is C16H35IN4O2. The van der Waals surface area contributed by atoms with Gasteiger partial charge in [-0.05, 0) is 41.0 Å². The molecule has 2 N–H and O–H groups in total. The van der Waals surface area contributed by atoms with E-state index in [4.69, 9.17) is 4.74 Å². The Morgan fingerprint density at radius 2 is 1.70 bits per heavy atom. The molecule has 0 fully saturated rings. The highest BCUT2D eigenvalue weighted by molar-refractivity contribution is 14.0. The number of halogens is 1. The summed E-state index contributed by atoms with van der Waals surface area (Å²) in [6, 6.07) is 1.06. The Balaban J connectivity index is 0. The van der Waals surface area contributed by atoms with Crippen LogP contribution in [0.5, 0.6) is 0 Å². The second-order valence-electron chi connectivity index (χ2n) is 5.76. The van der Waals surface area contributed by atoms with E-state index in [1.807, 2.05) is 6.92 Å². The molecule has 0 saturated heterocycles. The molecule has 0 unspecified atom stereocenters. The number of ether oxygens (including phenoxy) is 1. The van der Waals surface area contributed by atoms with Crippen LogP contribution in [-0.4, -0.2) is 62.2 Å². The Kier molecular flexibility index (Phi) is 16.1. The Bertz CT molecular complexity index is 328. The van der Waals surface area contributed by atoms with Crippen molar-refractivity contribution < 1.29 is 9.53 Å². The van der Waals surface area contributed by atoms with Gasteiger partial charge >= 0.3 is 5.97 Å². The highest BCUT2D eigenvalue weighted by Gasteiger charge is 2.12. The Morgan fingerprint density at radius 1 is 1.13 bits per heavy atom. The summed E-state index contributed by atoms with van der Waals surface area (Å²) in [6.07, 6.45) is 1.18. The highest BCUT2D eigenvalue weighted by atomic mass is 127. The predicted octanol–water partition coefficient (Wildman–Crippen LogP) is 2.23. The molecule has 0 aliphatic heterocycles. The first-order valence-corrected chi connectivity index (χ1v) is 8.28. The molecule has 0 aliphatic rings. The Hall–Kier alpha value is -0.570. The van der Waals surface area contributed by atoms with E-state index in [1.165, 1.54) is 0 Å². The van der Waals surface area contributed by atoms with E-state index in [0.29, 0.717) is 31.7 Å². The first-order chi connectivity index (χ1) is 10.4. The lowest BCUT2D eigenvalue weighted by Crippen LogP contribution is -2.45. The molecule has 6 nitrogen and oxygen atoms in total. The standard InChI is InChI=1S/C16H34N4O2.HI/c1-7-22-15(21)9-8-10-18-16(17-6)19-11-12-20(13(2)3)14(4)5;/h13-14H,7-12H2,1-6H3,(H2,17,18,19);1H. The average molecular weight is 442 g/mol. The maximum Gasteiger partial charge on any atom is 0.305 e. The minimum atomic E-state index is -0.142. The average Bonchev–Trinajstić information content (AvgIpc) is 2.45. The predicted molar refractivity (Wildman–Crippen MR) is 108 cm³/mol. The smallest absolute Gasteiger partial charge is 0.305 e. The van der Waals surface area contributed by atoms with Gasteiger partial charge < -0.3 is 15.4 Å². The normalized spacial score (nSPS) is 11.6. The molecule has 0 aliphatic carbocycles. The summed E-state index contributed by atoms with van der Waals surface area (Å²) in [5.41, 5.74) is 0. The van der Waals surface area contributed by atoms with Gasteiger partial charge in [0.25, 0.3) is 0 Å². The van der Waals surface area contributed by atoms with Crippen molar-refractivity contribution in [2.75, 3.05) is 33.3 Å². The zero-order valence-electron chi connectivity index (χ0n) is 15.5. The van der Waals surface area contributed by atoms with Gasteiger partial charge in [-0.1, -0.05) is 0 Å². The molecule has 0 aromatic carbocycles. The molecule has 0 amide bonds. The maximum atomic E-state index is 11.2. The molecule has 0 radical (unpaired) electrons. The van der Waals surface area contributed by atoms with Crippen LogP contribution in [0.15, 0.2) is 4.99 Å². The van der Waals surface area contributed by atoms with E-state index >= 15 is 0 Å². The number of esters is 1. The summed E-state index contributed by atoms with van der Waals surface area (Å²) < 4.78 is 4.89. The largest absolute Gasteiger partial charge is 0.466 e. The Morgan fingerprint density at radius 3 is 2.17 bits per heavy atom. The number of carbonyl (C=O) groups is 1. The highest BCUT2D eigenvalue weighted by Crippen LogP contribution is 2.03. The van der Waals surface area contributed by atoms with E-state index < -0.39 is 0 Å². The third-order valence-electron chi connectivity index (χ3n) is 3.37. The maximum absolute atomic E-state index is 11.2. The lowest BCUT2D eigenvalue weighted by molar-refractivity contribution is -0.143. The second kappa shape index (κ2) is 15.0. The third-order valence-corrected chi connectivity index (χ3v) is 3.37. The zero-order chi connectivity index (χ0) is 17.0. The van der Waals surface area contributed by atoms with E-state index in [2.05, 4.69) is 48.2 Å². The summed E-state index contributed by atoms with van der Waals surface area (Å²) in [7, 11) is 1.75. The van der Waals surface area contributed by atoms with Crippen molar-refractivity contribution >= 4 is 35.9 Å². The first kappa shape index (κ1) is 24.7. The lowest BCUT2D eigenvalue weighted by atomic mass is 10.2. The van der Waals surface area contributed by atoms with E-state index in [-0.39, 0.29) is 29.9 Å². The van der Waals surface area contributed by atoms with E-state index in [9.17, 15) is 4.79 Å². The molecule has 0 saturated carbocycles.